The number of aliphatic hydroxyl groups excluding tert-OH is 1. The molecule has 0 bridgehead atoms. The Morgan fingerprint density at radius 3 is 2.50 bits per heavy atom. The molecule has 0 saturated carbocycles. The van der Waals surface area contributed by atoms with Crippen molar-refractivity contribution in [2.75, 3.05) is 0 Å². The predicted molar refractivity (Wildman–Crippen MR) is 67.6 cm³/mol. The lowest BCUT2D eigenvalue weighted by Gasteiger charge is -2.12. The summed E-state index contributed by atoms with van der Waals surface area (Å²) in [5, 5.41) is 9.61. The van der Waals surface area contributed by atoms with Gasteiger partial charge in [0.05, 0.1) is 11.0 Å². The van der Waals surface area contributed by atoms with Gasteiger partial charge in [0.25, 0.3) is 0 Å². The van der Waals surface area contributed by atoms with Crippen molar-refractivity contribution >= 4 is 11.8 Å². The minimum atomic E-state index is -0.767. The van der Waals surface area contributed by atoms with Gasteiger partial charge in [0, 0.05) is 4.90 Å². The molecule has 0 aromatic heterocycles. The molecule has 0 fully saturated rings. The molecule has 1 atom stereocenters. The average Bonchev–Trinajstić information content (AvgIpc) is 2.31. The lowest BCUT2D eigenvalue weighted by Crippen LogP contribution is -1.96. The molecule has 2 aromatic carbocycles. The summed E-state index contributed by atoms with van der Waals surface area (Å²) in [6.07, 6.45) is -0.767. The second-order valence-electron chi connectivity index (χ2n) is 3.89. The fraction of sp³-hybridized carbons (Fsp3) is 0.143. The van der Waals surface area contributed by atoms with Crippen LogP contribution in [-0.2, 0) is 0 Å². The van der Waals surface area contributed by atoms with Crippen LogP contribution in [0.1, 0.15) is 18.6 Å². The molecule has 0 aliphatic heterocycles. The van der Waals surface area contributed by atoms with Gasteiger partial charge >= 0.3 is 0 Å². The third-order valence-electron chi connectivity index (χ3n) is 2.46. The van der Waals surface area contributed by atoms with Crippen LogP contribution in [0.3, 0.4) is 0 Å². The minimum absolute atomic E-state index is 0.332. The lowest BCUT2D eigenvalue weighted by molar-refractivity contribution is 0.195. The van der Waals surface area contributed by atoms with E-state index in [-0.39, 0.29) is 5.82 Å². The fourth-order valence-corrected chi connectivity index (χ4v) is 2.69. The molecule has 0 heterocycles. The van der Waals surface area contributed by atoms with Gasteiger partial charge in [0.15, 0.2) is 0 Å². The fourth-order valence-electron chi connectivity index (χ4n) is 1.61. The molecule has 0 aliphatic carbocycles. The number of halogens is 2. The zero-order valence-corrected chi connectivity index (χ0v) is 10.5. The molecule has 0 spiro atoms. The second-order valence-corrected chi connectivity index (χ2v) is 4.98. The summed E-state index contributed by atoms with van der Waals surface area (Å²) in [5.41, 5.74) is 0.504. The lowest BCUT2D eigenvalue weighted by atomic mass is 10.1. The molecule has 1 N–H and O–H groups in total. The van der Waals surface area contributed by atoms with Crippen molar-refractivity contribution in [3.63, 3.8) is 0 Å². The molecule has 2 aromatic rings. The summed E-state index contributed by atoms with van der Waals surface area (Å²) in [5.74, 6) is -0.780. The highest BCUT2D eigenvalue weighted by Crippen LogP contribution is 2.35. The normalized spacial score (nSPS) is 12.4. The molecular formula is C14H12F2OS. The van der Waals surface area contributed by atoms with E-state index in [0.717, 1.165) is 11.8 Å². The van der Waals surface area contributed by atoms with Gasteiger partial charge in [-0.1, -0.05) is 30.0 Å². The van der Waals surface area contributed by atoms with E-state index in [0.29, 0.717) is 15.4 Å². The highest BCUT2D eigenvalue weighted by atomic mass is 32.2. The molecule has 0 aliphatic rings. The van der Waals surface area contributed by atoms with E-state index in [1.165, 1.54) is 18.2 Å². The van der Waals surface area contributed by atoms with Gasteiger partial charge in [0.2, 0.25) is 0 Å². The molecule has 2 rings (SSSR count). The molecule has 1 nitrogen and oxygen atoms in total. The van der Waals surface area contributed by atoms with E-state index in [1.54, 1.807) is 31.2 Å². The van der Waals surface area contributed by atoms with Gasteiger partial charge in [-0.2, -0.15) is 0 Å². The maximum absolute atomic E-state index is 13.8. The Balaban J connectivity index is 2.39. The van der Waals surface area contributed by atoms with Crippen LogP contribution < -0.4 is 0 Å². The monoisotopic (exact) mass is 266 g/mol. The van der Waals surface area contributed by atoms with Crippen LogP contribution in [-0.4, -0.2) is 5.11 Å². The van der Waals surface area contributed by atoms with Gasteiger partial charge in [0.1, 0.15) is 11.6 Å². The molecule has 18 heavy (non-hydrogen) atoms. The predicted octanol–water partition coefficient (Wildman–Crippen LogP) is 4.17. The first-order valence-corrected chi connectivity index (χ1v) is 6.29. The maximum Gasteiger partial charge on any atom is 0.137 e. The van der Waals surface area contributed by atoms with Crippen LogP contribution in [0.4, 0.5) is 8.78 Å². The SMILES string of the molecule is CC(O)c1cccc(F)c1Sc1cccc(F)c1. The van der Waals surface area contributed by atoms with Gasteiger partial charge < -0.3 is 5.11 Å². The Kier molecular flexibility index (Phi) is 3.99. The number of benzene rings is 2. The van der Waals surface area contributed by atoms with Gasteiger partial charge in [-0.3, -0.25) is 0 Å². The van der Waals surface area contributed by atoms with Crippen LogP contribution in [0.2, 0.25) is 0 Å². The smallest absolute Gasteiger partial charge is 0.137 e. The largest absolute Gasteiger partial charge is 0.389 e. The van der Waals surface area contributed by atoms with E-state index in [4.69, 9.17) is 0 Å². The number of hydrogen-bond acceptors (Lipinski definition) is 2. The first-order chi connectivity index (χ1) is 8.58. The zero-order chi connectivity index (χ0) is 13.1. The third-order valence-corrected chi connectivity index (χ3v) is 3.59. The van der Waals surface area contributed by atoms with Crippen molar-refractivity contribution in [2.45, 2.75) is 22.8 Å². The van der Waals surface area contributed by atoms with Gasteiger partial charge in [-0.25, -0.2) is 8.78 Å². The maximum atomic E-state index is 13.8. The second kappa shape index (κ2) is 5.50. The topological polar surface area (TPSA) is 20.2 Å². The van der Waals surface area contributed by atoms with Crippen LogP contribution in [0, 0.1) is 11.6 Å². The van der Waals surface area contributed by atoms with E-state index in [9.17, 15) is 13.9 Å². The zero-order valence-electron chi connectivity index (χ0n) is 9.73. The molecule has 0 saturated heterocycles. The molecule has 1 unspecified atom stereocenters. The molecule has 0 radical (unpaired) electrons. The van der Waals surface area contributed by atoms with Crippen molar-refractivity contribution in [2.24, 2.45) is 0 Å². The summed E-state index contributed by atoms with van der Waals surface area (Å²) in [6, 6.07) is 10.5. The Morgan fingerprint density at radius 1 is 1.11 bits per heavy atom. The summed E-state index contributed by atoms with van der Waals surface area (Å²) >= 11 is 1.11. The minimum Gasteiger partial charge on any atom is -0.389 e. The molecule has 0 amide bonds. The number of rotatable bonds is 3. The van der Waals surface area contributed by atoms with Crippen LogP contribution in [0.5, 0.6) is 0 Å². The Morgan fingerprint density at radius 2 is 1.83 bits per heavy atom. The summed E-state index contributed by atoms with van der Waals surface area (Å²) in [4.78, 5) is 0.931. The Bertz CT molecular complexity index is 555. The summed E-state index contributed by atoms with van der Waals surface area (Å²) in [6.45, 7) is 1.57. The first-order valence-electron chi connectivity index (χ1n) is 5.48. The van der Waals surface area contributed by atoms with E-state index >= 15 is 0 Å². The number of hydrogen-bond donors (Lipinski definition) is 1. The molecule has 94 valence electrons. The van der Waals surface area contributed by atoms with Crippen LogP contribution in [0.15, 0.2) is 52.3 Å². The van der Waals surface area contributed by atoms with Crippen LogP contribution in [0.25, 0.3) is 0 Å². The van der Waals surface area contributed by atoms with Crippen molar-refractivity contribution in [1.29, 1.82) is 0 Å². The van der Waals surface area contributed by atoms with Crippen LogP contribution >= 0.6 is 11.8 Å². The Hall–Kier alpha value is -1.39. The molecular weight excluding hydrogens is 254 g/mol. The van der Waals surface area contributed by atoms with Crippen molar-refractivity contribution in [3.05, 3.63) is 59.7 Å². The van der Waals surface area contributed by atoms with E-state index < -0.39 is 11.9 Å². The molecule has 4 heteroatoms. The summed E-state index contributed by atoms with van der Waals surface area (Å²) < 4.78 is 26.8. The first kappa shape index (κ1) is 13.1. The highest BCUT2D eigenvalue weighted by molar-refractivity contribution is 7.99. The Labute approximate surface area is 108 Å². The van der Waals surface area contributed by atoms with E-state index in [1.807, 2.05) is 0 Å². The van der Waals surface area contributed by atoms with Crippen molar-refractivity contribution < 1.29 is 13.9 Å². The number of aliphatic hydroxyl groups is 1. The van der Waals surface area contributed by atoms with Crippen molar-refractivity contribution in [3.8, 4) is 0 Å². The van der Waals surface area contributed by atoms with Gasteiger partial charge in [-0.05, 0) is 36.8 Å². The highest BCUT2D eigenvalue weighted by Gasteiger charge is 2.13. The van der Waals surface area contributed by atoms with Crippen molar-refractivity contribution in [1.82, 2.24) is 0 Å². The van der Waals surface area contributed by atoms with E-state index in [2.05, 4.69) is 0 Å². The standard InChI is InChI=1S/C14H12F2OS/c1-9(17)12-6-3-7-13(16)14(12)18-11-5-2-4-10(15)8-11/h2-9,17H,1H3. The third kappa shape index (κ3) is 2.89. The average molecular weight is 266 g/mol. The summed E-state index contributed by atoms with van der Waals surface area (Å²) in [7, 11) is 0. The quantitative estimate of drug-likeness (QED) is 0.899. The van der Waals surface area contributed by atoms with Gasteiger partial charge in [-0.15, -0.1) is 0 Å².